The summed E-state index contributed by atoms with van der Waals surface area (Å²) >= 11 is 10.3. The van der Waals surface area contributed by atoms with Crippen LogP contribution in [0.5, 0.6) is 0 Å². The van der Waals surface area contributed by atoms with Crippen molar-refractivity contribution in [3.8, 4) is 0 Å². The molecular weight excluding hydrogens is 346 g/mol. The summed E-state index contributed by atoms with van der Waals surface area (Å²) in [7, 11) is 0. The van der Waals surface area contributed by atoms with Crippen molar-refractivity contribution in [3.63, 3.8) is 0 Å². The van der Waals surface area contributed by atoms with E-state index in [4.69, 9.17) is 5.73 Å². The Morgan fingerprint density at radius 2 is 2.00 bits per heavy atom. The maximum Gasteiger partial charge on any atom is 0.0665 e. The molecule has 0 saturated carbocycles. The third-order valence-electron chi connectivity index (χ3n) is 1.87. The van der Waals surface area contributed by atoms with Gasteiger partial charge in [0.15, 0.2) is 0 Å². The molecule has 0 fully saturated rings. The van der Waals surface area contributed by atoms with Gasteiger partial charge in [-0.1, -0.05) is 0 Å². The molecule has 1 nitrogen and oxygen atoms in total. The molecule has 14 heavy (non-hydrogen) atoms. The molecule has 5 heteroatoms. The van der Waals surface area contributed by atoms with Gasteiger partial charge in [0.2, 0.25) is 0 Å². The summed E-state index contributed by atoms with van der Waals surface area (Å²) in [4.78, 5) is 1.18. The molecule has 0 amide bonds. The zero-order chi connectivity index (χ0) is 10.1. The van der Waals surface area contributed by atoms with Crippen LogP contribution in [0.1, 0.15) is 16.5 Å². The molecule has 1 atom stereocenters. The zero-order valence-corrected chi connectivity index (χ0v) is 11.8. The Bertz CT molecular complexity index is 435. The van der Waals surface area contributed by atoms with E-state index in [0.717, 1.165) is 14.5 Å². The first-order chi connectivity index (χ1) is 6.68. The van der Waals surface area contributed by atoms with E-state index < -0.39 is 0 Å². The van der Waals surface area contributed by atoms with Gasteiger partial charge in [-0.15, -0.1) is 11.3 Å². The van der Waals surface area contributed by atoms with Crippen LogP contribution in [0.15, 0.2) is 31.2 Å². The molecule has 2 N–H and O–H groups in total. The Balaban J connectivity index is 2.33. The van der Waals surface area contributed by atoms with Gasteiger partial charge in [-0.3, -0.25) is 0 Å². The predicted molar refractivity (Wildman–Crippen MR) is 70.1 cm³/mol. The summed E-state index contributed by atoms with van der Waals surface area (Å²) in [5.41, 5.74) is 7.30. The number of nitrogens with two attached hydrogens (primary N) is 1. The third-order valence-corrected chi connectivity index (χ3v) is 5.40. The topological polar surface area (TPSA) is 26.0 Å². The second kappa shape index (κ2) is 4.45. The first-order valence-electron chi connectivity index (χ1n) is 3.89. The van der Waals surface area contributed by atoms with Crippen molar-refractivity contribution in [1.82, 2.24) is 0 Å². The van der Waals surface area contributed by atoms with E-state index in [1.54, 1.807) is 22.7 Å². The minimum atomic E-state index is -0.0214. The lowest BCUT2D eigenvalue weighted by atomic mass is 10.1. The van der Waals surface area contributed by atoms with Crippen molar-refractivity contribution in [2.75, 3.05) is 0 Å². The molecule has 0 spiro atoms. The molecule has 2 aromatic rings. The van der Waals surface area contributed by atoms with E-state index in [0.29, 0.717) is 0 Å². The van der Waals surface area contributed by atoms with Gasteiger partial charge in [0.1, 0.15) is 0 Å². The second-order valence-corrected chi connectivity index (χ2v) is 6.28. The Hall–Kier alpha value is 0.320. The van der Waals surface area contributed by atoms with Crippen LogP contribution in [0.4, 0.5) is 0 Å². The quantitative estimate of drug-likeness (QED) is 0.852. The van der Waals surface area contributed by atoms with Gasteiger partial charge >= 0.3 is 0 Å². The van der Waals surface area contributed by atoms with E-state index >= 15 is 0 Å². The molecule has 1 unspecified atom stereocenters. The van der Waals surface area contributed by atoms with E-state index in [9.17, 15) is 0 Å². The smallest absolute Gasteiger partial charge is 0.0665 e. The van der Waals surface area contributed by atoms with Crippen LogP contribution >= 0.6 is 54.5 Å². The van der Waals surface area contributed by atoms with E-state index in [-0.39, 0.29) is 6.04 Å². The molecule has 0 aliphatic heterocycles. The predicted octanol–water partition coefficient (Wildman–Crippen LogP) is 4.38. The van der Waals surface area contributed by atoms with Crippen molar-refractivity contribution in [3.05, 3.63) is 41.6 Å². The highest BCUT2D eigenvalue weighted by atomic mass is 79.9. The van der Waals surface area contributed by atoms with Gasteiger partial charge in [0.25, 0.3) is 0 Å². The fourth-order valence-corrected chi connectivity index (χ4v) is 4.20. The highest BCUT2D eigenvalue weighted by Gasteiger charge is 2.14. The molecule has 2 rings (SSSR count). The van der Waals surface area contributed by atoms with Crippen LogP contribution in [0.2, 0.25) is 0 Å². The van der Waals surface area contributed by atoms with Crippen LogP contribution in [0, 0.1) is 0 Å². The molecular formula is C9H7Br2NS2. The lowest BCUT2D eigenvalue weighted by molar-refractivity contribution is 0.893. The molecule has 74 valence electrons. The molecule has 2 heterocycles. The second-order valence-electron chi connectivity index (χ2n) is 2.82. The van der Waals surface area contributed by atoms with Gasteiger partial charge in [0, 0.05) is 24.6 Å². The minimum Gasteiger partial charge on any atom is -0.320 e. The van der Waals surface area contributed by atoms with Crippen LogP contribution in [-0.2, 0) is 0 Å². The summed E-state index contributed by atoms with van der Waals surface area (Å²) in [6.45, 7) is 0. The van der Waals surface area contributed by atoms with Crippen LogP contribution in [0.3, 0.4) is 0 Å². The van der Waals surface area contributed by atoms with Gasteiger partial charge in [-0.2, -0.15) is 11.3 Å². The standard InChI is InChI=1S/C9H7Br2NS2/c10-5-1-8(14-2-5)9(12)6-3-13-4-7(6)11/h1-4,9H,12H2. The van der Waals surface area contributed by atoms with Gasteiger partial charge in [-0.25, -0.2) is 0 Å². The molecule has 0 bridgehead atoms. The number of rotatable bonds is 2. The van der Waals surface area contributed by atoms with Crippen molar-refractivity contribution >= 4 is 54.5 Å². The van der Waals surface area contributed by atoms with Gasteiger partial charge in [-0.05, 0) is 48.9 Å². The first kappa shape index (κ1) is 10.8. The van der Waals surface area contributed by atoms with Gasteiger partial charge < -0.3 is 5.73 Å². The fourth-order valence-electron chi connectivity index (χ4n) is 1.16. The molecule has 0 saturated heterocycles. The maximum absolute atomic E-state index is 6.14. The van der Waals surface area contributed by atoms with Crippen molar-refractivity contribution in [2.45, 2.75) is 6.04 Å². The SMILES string of the molecule is NC(c1cc(Br)cs1)c1cscc1Br. The minimum absolute atomic E-state index is 0.0214. The normalized spacial score (nSPS) is 13.1. The highest BCUT2D eigenvalue weighted by molar-refractivity contribution is 9.10. The largest absolute Gasteiger partial charge is 0.320 e. The first-order valence-corrected chi connectivity index (χ1v) is 7.30. The van der Waals surface area contributed by atoms with Crippen LogP contribution in [0.25, 0.3) is 0 Å². The van der Waals surface area contributed by atoms with E-state index in [1.807, 2.05) is 0 Å². The van der Waals surface area contributed by atoms with E-state index in [1.165, 1.54) is 4.88 Å². The Morgan fingerprint density at radius 3 is 2.50 bits per heavy atom. The molecule has 0 aliphatic rings. The number of halogens is 2. The Morgan fingerprint density at radius 1 is 1.21 bits per heavy atom. The van der Waals surface area contributed by atoms with Crippen LogP contribution < -0.4 is 5.73 Å². The average Bonchev–Trinajstić information content (AvgIpc) is 2.73. The average molecular weight is 353 g/mol. The third kappa shape index (κ3) is 2.12. The summed E-state index contributed by atoms with van der Waals surface area (Å²) in [5.74, 6) is 0. The Kier molecular flexibility index (Phi) is 3.44. The van der Waals surface area contributed by atoms with Crippen molar-refractivity contribution < 1.29 is 0 Å². The number of hydrogen-bond donors (Lipinski definition) is 1. The fraction of sp³-hybridized carbons (Fsp3) is 0.111. The lowest BCUT2D eigenvalue weighted by Gasteiger charge is -2.07. The molecule has 0 aliphatic carbocycles. The summed E-state index contributed by atoms with van der Waals surface area (Å²) in [6.07, 6.45) is 0. The zero-order valence-electron chi connectivity index (χ0n) is 7.04. The molecule has 0 aromatic carbocycles. The molecule has 2 aromatic heterocycles. The maximum atomic E-state index is 6.14. The monoisotopic (exact) mass is 351 g/mol. The van der Waals surface area contributed by atoms with Gasteiger partial charge in [0.05, 0.1) is 6.04 Å². The Labute approximate surface area is 107 Å². The van der Waals surface area contributed by atoms with Crippen molar-refractivity contribution in [2.24, 2.45) is 5.73 Å². The summed E-state index contributed by atoms with van der Waals surface area (Å²) in [5, 5.41) is 6.19. The summed E-state index contributed by atoms with van der Waals surface area (Å²) < 4.78 is 2.19. The highest BCUT2D eigenvalue weighted by Crippen LogP contribution is 2.33. The molecule has 0 radical (unpaired) electrons. The van der Waals surface area contributed by atoms with Crippen LogP contribution in [-0.4, -0.2) is 0 Å². The summed E-state index contributed by atoms with van der Waals surface area (Å²) in [6, 6.07) is 2.05. The number of hydrogen-bond acceptors (Lipinski definition) is 3. The number of thiophene rings is 2. The van der Waals surface area contributed by atoms with Crippen molar-refractivity contribution in [1.29, 1.82) is 0 Å². The lowest BCUT2D eigenvalue weighted by Crippen LogP contribution is -2.09. The van der Waals surface area contributed by atoms with E-state index in [2.05, 4.69) is 54.1 Å².